The summed E-state index contributed by atoms with van der Waals surface area (Å²) >= 11 is 0. The van der Waals surface area contributed by atoms with Crippen LogP contribution >= 0.6 is 0 Å². The monoisotopic (exact) mass is 452 g/mol. The minimum absolute atomic E-state index is 0.186. The molecule has 2 atom stereocenters. The van der Waals surface area contributed by atoms with Crippen molar-refractivity contribution in [3.8, 4) is 17.0 Å². The highest BCUT2D eigenvalue weighted by Crippen LogP contribution is 2.32. The van der Waals surface area contributed by atoms with Gasteiger partial charge in [-0.15, -0.1) is 0 Å². The normalized spacial score (nSPS) is 20.9. The second-order valence-electron chi connectivity index (χ2n) is 8.67. The standard InChI is InChI=1S/C24H29FN6O2/c1-31-9-4-5-17(31)13-26-23-22-15(12-27-24(30-22)28-16-8-10-33-14-16)11-19(29-23)18-6-3-7-20(32-2)21(18)25/h3,6-7,11-12,16-17H,4-5,8-10,13-14H2,1-2H3,(H,26,29)(H,27,28,30). The fourth-order valence-corrected chi connectivity index (χ4v) is 4.52. The highest BCUT2D eigenvalue weighted by Gasteiger charge is 2.22. The summed E-state index contributed by atoms with van der Waals surface area (Å²) < 4.78 is 25.6. The summed E-state index contributed by atoms with van der Waals surface area (Å²) in [7, 11) is 3.60. The SMILES string of the molecule is COc1cccc(-c2cc3cnc(NC4CCOC4)nc3c(NCC3CCCN3C)n2)c1F. The van der Waals surface area contributed by atoms with Crippen LogP contribution in [0.2, 0.25) is 0 Å². The number of anilines is 2. The van der Waals surface area contributed by atoms with Gasteiger partial charge in [-0.1, -0.05) is 6.07 Å². The van der Waals surface area contributed by atoms with Crippen molar-refractivity contribution < 1.29 is 13.9 Å². The lowest BCUT2D eigenvalue weighted by Crippen LogP contribution is -2.31. The van der Waals surface area contributed by atoms with E-state index < -0.39 is 5.82 Å². The van der Waals surface area contributed by atoms with E-state index in [-0.39, 0.29) is 11.8 Å². The van der Waals surface area contributed by atoms with E-state index in [1.54, 1.807) is 24.4 Å². The molecule has 2 aliphatic rings. The Balaban J connectivity index is 1.53. The van der Waals surface area contributed by atoms with Crippen molar-refractivity contribution in [3.05, 3.63) is 36.3 Å². The van der Waals surface area contributed by atoms with Gasteiger partial charge < -0.3 is 25.0 Å². The summed E-state index contributed by atoms with van der Waals surface area (Å²) in [5.74, 6) is 0.916. The molecule has 1 aromatic carbocycles. The summed E-state index contributed by atoms with van der Waals surface area (Å²) in [6, 6.07) is 7.51. The van der Waals surface area contributed by atoms with Crippen LogP contribution in [0.1, 0.15) is 19.3 Å². The molecule has 0 amide bonds. The fraction of sp³-hybridized carbons (Fsp3) is 0.458. The van der Waals surface area contributed by atoms with Gasteiger partial charge >= 0.3 is 0 Å². The van der Waals surface area contributed by atoms with Crippen molar-refractivity contribution >= 4 is 22.7 Å². The van der Waals surface area contributed by atoms with Gasteiger partial charge in [0.05, 0.1) is 25.5 Å². The van der Waals surface area contributed by atoms with Gasteiger partial charge in [-0.2, -0.15) is 0 Å². The predicted octanol–water partition coefficient (Wildman–Crippen LogP) is 3.55. The maximum atomic E-state index is 15.0. The molecule has 0 radical (unpaired) electrons. The number of nitrogens with zero attached hydrogens (tertiary/aromatic N) is 4. The van der Waals surface area contributed by atoms with Crippen LogP contribution in [0, 0.1) is 5.82 Å². The Morgan fingerprint density at radius 1 is 1.27 bits per heavy atom. The molecule has 8 nitrogen and oxygen atoms in total. The third-order valence-electron chi connectivity index (χ3n) is 6.46. The molecule has 174 valence electrons. The molecule has 0 aliphatic carbocycles. The molecule has 0 bridgehead atoms. The van der Waals surface area contributed by atoms with Crippen LogP contribution in [0.3, 0.4) is 0 Å². The van der Waals surface area contributed by atoms with Gasteiger partial charge in [-0.25, -0.2) is 19.3 Å². The highest BCUT2D eigenvalue weighted by atomic mass is 19.1. The van der Waals surface area contributed by atoms with E-state index in [9.17, 15) is 0 Å². The van der Waals surface area contributed by atoms with Crippen LogP contribution < -0.4 is 15.4 Å². The molecule has 2 saturated heterocycles. The van der Waals surface area contributed by atoms with Crippen molar-refractivity contribution in [1.29, 1.82) is 0 Å². The molecule has 2 N–H and O–H groups in total. The molecule has 2 aliphatic heterocycles. The Labute approximate surface area is 192 Å². The third-order valence-corrected chi connectivity index (χ3v) is 6.46. The van der Waals surface area contributed by atoms with Crippen molar-refractivity contribution in [2.45, 2.75) is 31.3 Å². The number of likely N-dealkylation sites (tertiary alicyclic amines) is 1. The van der Waals surface area contributed by atoms with Gasteiger partial charge in [0.15, 0.2) is 17.4 Å². The van der Waals surface area contributed by atoms with E-state index in [1.165, 1.54) is 13.5 Å². The zero-order valence-corrected chi connectivity index (χ0v) is 19.0. The smallest absolute Gasteiger partial charge is 0.223 e. The van der Waals surface area contributed by atoms with Crippen molar-refractivity contribution in [2.24, 2.45) is 0 Å². The van der Waals surface area contributed by atoms with Crippen LogP contribution in [-0.2, 0) is 4.74 Å². The Bertz CT molecular complexity index is 1140. The topological polar surface area (TPSA) is 84.4 Å². The number of fused-ring (bicyclic) bond motifs is 1. The van der Waals surface area contributed by atoms with E-state index in [2.05, 4.69) is 27.6 Å². The molecular weight excluding hydrogens is 423 g/mol. The van der Waals surface area contributed by atoms with E-state index >= 15 is 4.39 Å². The number of likely N-dealkylation sites (N-methyl/N-ethyl adjacent to an activating group) is 1. The second kappa shape index (κ2) is 9.44. The molecule has 0 saturated carbocycles. The lowest BCUT2D eigenvalue weighted by molar-refractivity contribution is 0.195. The first-order valence-electron chi connectivity index (χ1n) is 11.4. The van der Waals surface area contributed by atoms with Crippen LogP contribution in [0.15, 0.2) is 30.5 Å². The first-order chi connectivity index (χ1) is 16.1. The molecule has 2 fully saturated rings. The summed E-state index contributed by atoms with van der Waals surface area (Å²) in [6.45, 7) is 3.22. The van der Waals surface area contributed by atoms with Crippen molar-refractivity contribution in [3.63, 3.8) is 0 Å². The highest BCUT2D eigenvalue weighted by molar-refractivity contribution is 5.91. The minimum atomic E-state index is -0.436. The predicted molar refractivity (Wildman–Crippen MR) is 126 cm³/mol. The van der Waals surface area contributed by atoms with Crippen LogP contribution in [0.25, 0.3) is 22.2 Å². The number of halogens is 1. The number of nitrogens with one attached hydrogen (secondary N) is 2. The maximum Gasteiger partial charge on any atom is 0.223 e. The van der Waals surface area contributed by atoms with Crippen molar-refractivity contribution in [1.82, 2.24) is 19.9 Å². The van der Waals surface area contributed by atoms with E-state index in [0.717, 1.165) is 37.9 Å². The molecule has 33 heavy (non-hydrogen) atoms. The number of aromatic nitrogens is 3. The van der Waals surface area contributed by atoms with E-state index in [1.807, 2.05) is 6.07 Å². The first kappa shape index (κ1) is 21.8. The summed E-state index contributed by atoms with van der Waals surface area (Å²) in [5.41, 5.74) is 1.59. The van der Waals surface area contributed by atoms with Crippen LogP contribution in [-0.4, -0.2) is 72.4 Å². The fourth-order valence-electron chi connectivity index (χ4n) is 4.52. The van der Waals surface area contributed by atoms with Gasteiger partial charge in [0.1, 0.15) is 5.52 Å². The molecule has 2 unspecified atom stereocenters. The molecule has 3 aromatic rings. The summed E-state index contributed by atoms with van der Waals surface area (Å²) in [6.07, 6.45) is 5.00. The molecular formula is C24H29FN6O2. The number of ether oxygens (including phenoxy) is 2. The number of benzene rings is 1. The largest absolute Gasteiger partial charge is 0.494 e. The summed E-state index contributed by atoms with van der Waals surface area (Å²) in [5, 5.41) is 7.63. The van der Waals surface area contributed by atoms with Gasteiger partial charge in [-0.05, 0) is 51.1 Å². The minimum Gasteiger partial charge on any atom is -0.494 e. The quantitative estimate of drug-likeness (QED) is 0.563. The Morgan fingerprint density at radius 3 is 2.94 bits per heavy atom. The average Bonchev–Trinajstić information content (AvgIpc) is 3.49. The van der Waals surface area contributed by atoms with Crippen LogP contribution in [0.5, 0.6) is 5.75 Å². The molecule has 5 rings (SSSR count). The molecule has 0 spiro atoms. The maximum absolute atomic E-state index is 15.0. The zero-order valence-electron chi connectivity index (χ0n) is 19.0. The number of pyridine rings is 1. The van der Waals surface area contributed by atoms with Crippen LogP contribution in [0.4, 0.5) is 16.2 Å². The van der Waals surface area contributed by atoms with Gasteiger partial charge in [0, 0.05) is 36.3 Å². The second-order valence-corrected chi connectivity index (χ2v) is 8.67. The average molecular weight is 453 g/mol. The molecule has 9 heteroatoms. The van der Waals surface area contributed by atoms with Gasteiger partial charge in [0.25, 0.3) is 0 Å². The molecule has 4 heterocycles. The number of hydrogen-bond donors (Lipinski definition) is 2. The molecule has 2 aromatic heterocycles. The van der Waals surface area contributed by atoms with E-state index in [4.69, 9.17) is 19.4 Å². The Hall–Kier alpha value is -3.04. The zero-order chi connectivity index (χ0) is 22.8. The van der Waals surface area contributed by atoms with Gasteiger partial charge in [0.2, 0.25) is 5.95 Å². The number of methoxy groups -OCH3 is 1. The Morgan fingerprint density at radius 2 is 2.18 bits per heavy atom. The van der Waals surface area contributed by atoms with Crippen molar-refractivity contribution in [2.75, 3.05) is 51.1 Å². The summed E-state index contributed by atoms with van der Waals surface area (Å²) in [4.78, 5) is 16.4. The van der Waals surface area contributed by atoms with E-state index in [0.29, 0.717) is 41.2 Å². The lowest BCUT2D eigenvalue weighted by Gasteiger charge is -2.21. The number of hydrogen-bond acceptors (Lipinski definition) is 8. The first-order valence-corrected chi connectivity index (χ1v) is 11.4. The third kappa shape index (κ3) is 4.56. The lowest BCUT2D eigenvalue weighted by atomic mass is 10.1. The van der Waals surface area contributed by atoms with Gasteiger partial charge in [-0.3, -0.25) is 0 Å². The Kier molecular flexibility index (Phi) is 6.24. The number of rotatable bonds is 7.